The summed E-state index contributed by atoms with van der Waals surface area (Å²) in [6.45, 7) is 1.85. The van der Waals surface area contributed by atoms with E-state index in [4.69, 9.17) is 0 Å². The lowest BCUT2D eigenvalue weighted by molar-refractivity contribution is -0.143. The van der Waals surface area contributed by atoms with Crippen molar-refractivity contribution in [3.63, 3.8) is 0 Å². The molecule has 0 unspecified atom stereocenters. The van der Waals surface area contributed by atoms with E-state index < -0.39 is 35.0 Å². The number of pyridine rings is 1. The van der Waals surface area contributed by atoms with E-state index in [1.807, 2.05) is 37.3 Å². The Morgan fingerprint density at radius 2 is 1.51 bits per heavy atom. The molecule has 0 aliphatic rings. The normalized spacial score (nSPS) is 12.2. The number of imidazole rings is 1. The molecule has 2 aromatic heterocycles. The molecule has 0 fully saturated rings. The fraction of sp³-hybridized carbons (Fsp3) is 0.200. The third-order valence-electron chi connectivity index (χ3n) is 5.43. The minimum absolute atomic E-state index is 0.0148. The molecule has 35 heavy (non-hydrogen) atoms. The number of aryl methyl sites for hydroxylation is 3. The topological polar surface area (TPSA) is 46.4 Å². The van der Waals surface area contributed by atoms with Crippen LogP contribution in [0.3, 0.4) is 0 Å². The van der Waals surface area contributed by atoms with Gasteiger partial charge < -0.3 is 5.32 Å². The van der Waals surface area contributed by atoms with E-state index in [0.717, 1.165) is 11.1 Å². The Kier molecular flexibility index (Phi) is 6.31. The molecule has 182 valence electrons. The second-order valence-corrected chi connectivity index (χ2v) is 8.07. The largest absolute Gasteiger partial charge is 0.416 e. The van der Waals surface area contributed by atoms with Gasteiger partial charge in [-0.3, -0.25) is 9.20 Å². The molecule has 0 aliphatic carbocycles. The average molecular weight is 491 g/mol. The number of aromatic nitrogens is 2. The predicted molar refractivity (Wildman–Crippen MR) is 118 cm³/mol. The first-order valence-corrected chi connectivity index (χ1v) is 10.5. The zero-order valence-corrected chi connectivity index (χ0v) is 18.3. The van der Waals surface area contributed by atoms with Crippen LogP contribution in [0.4, 0.5) is 32.2 Å². The van der Waals surface area contributed by atoms with Gasteiger partial charge in [-0.2, -0.15) is 26.3 Å². The number of hydrogen-bond donors (Lipinski definition) is 1. The highest BCUT2D eigenvalue weighted by atomic mass is 19.4. The highest BCUT2D eigenvalue weighted by Crippen LogP contribution is 2.36. The van der Waals surface area contributed by atoms with Gasteiger partial charge in [0.2, 0.25) is 0 Å². The number of benzene rings is 2. The van der Waals surface area contributed by atoms with Crippen LogP contribution in [0, 0.1) is 6.92 Å². The summed E-state index contributed by atoms with van der Waals surface area (Å²) in [5.74, 6) is -0.920. The number of alkyl halides is 6. The molecule has 0 radical (unpaired) electrons. The van der Waals surface area contributed by atoms with E-state index in [2.05, 4.69) is 10.3 Å². The molecule has 0 saturated heterocycles. The second-order valence-electron chi connectivity index (χ2n) is 8.07. The molecule has 0 saturated carbocycles. The first-order valence-electron chi connectivity index (χ1n) is 10.5. The van der Waals surface area contributed by atoms with Gasteiger partial charge in [-0.1, -0.05) is 30.3 Å². The van der Waals surface area contributed by atoms with Gasteiger partial charge in [-0.15, -0.1) is 0 Å². The summed E-state index contributed by atoms with van der Waals surface area (Å²) in [5.41, 5.74) is -1.04. The monoisotopic (exact) mass is 491 g/mol. The van der Waals surface area contributed by atoms with Crippen LogP contribution < -0.4 is 5.32 Å². The van der Waals surface area contributed by atoms with Crippen molar-refractivity contribution in [1.29, 1.82) is 0 Å². The summed E-state index contributed by atoms with van der Waals surface area (Å²) < 4.78 is 81.0. The standard InChI is InChI=1S/C25H19F6N3O/c1-15-9-10-34-21(11-15)32-20(8-7-16-5-3-2-4-6-16)22(34)33-23(35)17-12-18(24(26,27)28)14-19(13-17)25(29,30)31/h2-6,9-14H,7-8H2,1H3,(H,33,35). The maximum Gasteiger partial charge on any atom is 0.416 e. The van der Waals surface area contributed by atoms with Crippen LogP contribution in [0.25, 0.3) is 5.65 Å². The SMILES string of the molecule is Cc1ccn2c(NC(=O)c3cc(C(F)(F)F)cc(C(F)(F)F)c3)c(CCc3ccccc3)nc2c1. The third kappa shape index (κ3) is 5.47. The Morgan fingerprint density at radius 1 is 0.886 bits per heavy atom. The van der Waals surface area contributed by atoms with Gasteiger partial charge in [0, 0.05) is 11.8 Å². The van der Waals surface area contributed by atoms with Crippen molar-refractivity contribution < 1.29 is 31.1 Å². The Bertz CT molecular complexity index is 1340. The Hall–Kier alpha value is -3.82. The van der Waals surface area contributed by atoms with Gasteiger partial charge in [-0.05, 0) is 61.2 Å². The molecule has 4 nitrogen and oxygen atoms in total. The summed E-state index contributed by atoms with van der Waals surface area (Å²) >= 11 is 0. The average Bonchev–Trinajstić information content (AvgIpc) is 3.13. The number of rotatable bonds is 5. The number of nitrogens with zero attached hydrogens (tertiary/aromatic N) is 2. The molecule has 0 atom stereocenters. The van der Waals surface area contributed by atoms with Crippen molar-refractivity contribution >= 4 is 17.4 Å². The van der Waals surface area contributed by atoms with Crippen LogP contribution in [0.15, 0.2) is 66.9 Å². The lowest BCUT2D eigenvalue weighted by Crippen LogP contribution is -2.18. The third-order valence-corrected chi connectivity index (χ3v) is 5.43. The summed E-state index contributed by atoms with van der Waals surface area (Å²) in [5, 5.41) is 2.49. The lowest BCUT2D eigenvalue weighted by atomic mass is 10.0. The fourth-order valence-corrected chi connectivity index (χ4v) is 3.68. The number of anilines is 1. The molecular formula is C25H19F6N3O. The summed E-state index contributed by atoms with van der Waals surface area (Å²) in [6.07, 6.45) is -7.53. The molecule has 2 heterocycles. The van der Waals surface area contributed by atoms with Gasteiger partial charge in [0.15, 0.2) is 0 Å². The second kappa shape index (κ2) is 9.09. The molecule has 2 aromatic carbocycles. The van der Waals surface area contributed by atoms with Crippen LogP contribution in [-0.4, -0.2) is 15.3 Å². The van der Waals surface area contributed by atoms with Crippen molar-refractivity contribution in [1.82, 2.24) is 9.38 Å². The van der Waals surface area contributed by atoms with Crippen molar-refractivity contribution in [2.45, 2.75) is 32.1 Å². The number of nitrogens with one attached hydrogen (secondary N) is 1. The first kappa shape index (κ1) is 24.3. The molecule has 4 rings (SSSR count). The molecule has 10 heteroatoms. The van der Waals surface area contributed by atoms with Gasteiger partial charge in [0.05, 0.1) is 16.8 Å². The Labute approximate surface area is 196 Å². The summed E-state index contributed by atoms with van der Waals surface area (Å²) in [7, 11) is 0. The number of amides is 1. The van der Waals surface area contributed by atoms with E-state index in [-0.39, 0.29) is 11.9 Å². The number of carbonyl (C=O) groups excluding carboxylic acids is 1. The lowest BCUT2D eigenvalue weighted by Gasteiger charge is -2.14. The van der Waals surface area contributed by atoms with Crippen LogP contribution in [0.2, 0.25) is 0 Å². The fourth-order valence-electron chi connectivity index (χ4n) is 3.68. The molecule has 0 spiro atoms. The summed E-state index contributed by atoms with van der Waals surface area (Å²) in [4.78, 5) is 17.5. The van der Waals surface area contributed by atoms with Gasteiger partial charge in [0.1, 0.15) is 11.5 Å². The van der Waals surface area contributed by atoms with E-state index in [1.54, 1.807) is 22.7 Å². The highest BCUT2D eigenvalue weighted by molar-refractivity contribution is 6.04. The smallest absolute Gasteiger partial charge is 0.306 e. The Balaban J connectivity index is 1.72. The number of carbonyl (C=O) groups is 1. The van der Waals surface area contributed by atoms with Crippen LogP contribution >= 0.6 is 0 Å². The zero-order valence-electron chi connectivity index (χ0n) is 18.3. The number of halogens is 6. The maximum absolute atomic E-state index is 13.2. The molecule has 0 aliphatic heterocycles. The van der Waals surface area contributed by atoms with E-state index in [9.17, 15) is 31.1 Å². The number of fused-ring (bicyclic) bond motifs is 1. The molecular weight excluding hydrogens is 472 g/mol. The van der Waals surface area contributed by atoms with Crippen LogP contribution in [0.1, 0.15) is 38.3 Å². The van der Waals surface area contributed by atoms with E-state index in [0.29, 0.717) is 36.3 Å². The van der Waals surface area contributed by atoms with Gasteiger partial charge in [-0.25, -0.2) is 4.98 Å². The minimum atomic E-state index is -5.06. The highest BCUT2D eigenvalue weighted by Gasteiger charge is 2.37. The van der Waals surface area contributed by atoms with E-state index in [1.165, 1.54) is 0 Å². The molecule has 0 bridgehead atoms. The zero-order chi connectivity index (χ0) is 25.4. The molecule has 1 amide bonds. The summed E-state index contributed by atoms with van der Waals surface area (Å²) in [6, 6.07) is 13.7. The van der Waals surface area contributed by atoms with Crippen LogP contribution in [0.5, 0.6) is 0 Å². The first-order chi connectivity index (χ1) is 16.4. The van der Waals surface area contributed by atoms with Gasteiger partial charge >= 0.3 is 12.4 Å². The van der Waals surface area contributed by atoms with Crippen molar-refractivity contribution in [2.24, 2.45) is 0 Å². The Morgan fingerprint density at radius 3 is 2.11 bits per heavy atom. The molecule has 4 aromatic rings. The van der Waals surface area contributed by atoms with Gasteiger partial charge in [0.25, 0.3) is 5.91 Å². The maximum atomic E-state index is 13.2. The van der Waals surface area contributed by atoms with Crippen LogP contribution in [-0.2, 0) is 25.2 Å². The van der Waals surface area contributed by atoms with E-state index >= 15 is 0 Å². The minimum Gasteiger partial charge on any atom is -0.306 e. The van der Waals surface area contributed by atoms with Crippen molar-refractivity contribution in [2.75, 3.05) is 5.32 Å². The molecule has 1 N–H and O–H groups in total. The van der Waals surface area contributed by atoms with Crippen molar-refractivity contribution in [3.05, 3.63) is 100 Å². The quantitative estimate of drug-likeness (QED) is 0.315. The van der Waals surface area contributed by atoms with Crippen molar-refractivity contribution in [3.8, 4) is 0 Å². The predicted octanol–water partition coefficient (Wildman–Crippen LogP) is 6.72. The number of hydrogen-bond acceptors (Lipinski definition) is 2.